The zero-order chi connectivity index (χ0) is 10.6. The molecule has 3 N–H and O–H groups in total. The maximum absolute atomic E-state index is 8.90. The van der Waals surface area contributed by atoms with E-state index in [1.165, 1.54) is 0 Å². The Hall–Kier alpha value is -0.580. The second kappa shape index (κ2) is 5.34. The number of aliphatic hydroxyl groups excluding tert-OH is 1. The van der Waals surface area contributed by atoms with Gasteiger partial charge >= 0.3 is 0 Å². The summed E-state index contributed by atoms with van der Waals surface area (Å²) in [5, 5.41) is 9.99. The van der Waals surface area contributed by atoms with Gasteiger partial charge in [0.2, 0.25) is 0 Å². The second-order valence-corrected chi connectivity index (χ2v) is 4.79. The van der Waals surface area contributed by atoms with Crippen molar-refractivity contribution in [3.63, 3.8) is 0 Å². The molecule has 2 atom stereocenters. The normalized spacial score (nSPS) is 15.1. The highest BCUT2D eigenvalue weighted by Gasteiger charge is 2.06. The van der Waals surface area contributed by atoms with Gasteiger partial charge in [-0.05, 0) is 24.6 Å². The van der Waals surface area contributed by atoms with E-state index in [2.05, 4.69) is 4.98 Å². The van der Waals surface area contributed by atoms with Gasteiger partial charge < -0.3 is 10.8 Å². The summed E-state index contributed by atoms with van der Waals surface area (Å²) in [6, 6.07) is 3.92. The van der Waals surface area contributed by atoms with Gasteiger partial charge in [0.05, 0.1) is 11.6 Å². The highest BCUT2D eigenvalue weighted by Crippen LogP contribution is 2.22. The topological polar surface area (TPSA) is 59.1 Å². The molecule has 1 heterocycles. The molecule has 0 aliphatic carbocycles. The van der Waals surface area contributed by atoms with Gasteiger partial charge in [-0.2, -0.15) is 0 Å². The molecule has 0 aromatic carbocycles. The predicted molar refractivity (Wildman–Crippen MR) is 59.2 cm³/mol. The van der Waals surface area contributed by atoms with Crippen molar-refractivity contribution in [2.45, 2.75) is 30.2 Å². The van der Waals surface area contributed by atoms with Crippen molar-refractivity contribution < 1.29 is 5.11 Å². The van der Waals surface area contributed by atoms with Crippen LogP contribution in [0, 0.1) is 0 Å². The minimum atomic E-state index is 0.0294. The van der Waals surface area contributed by atoms with E-state index < -0.39 is 0 Å². The van der Waals surface area contributed by atoms with E-state index >= 15 is 0 Å². The maximum atomic E-state index is 8.90. The third-order valence-electron chi connectivity index (χ3n) is 1.86. The number of hydrogen-bond acceptors (Lipinski definition) is 4. The van der Waals surface area contributed by atoms with E-state index in [0.717, 1.165) is 10.6 Å². The number of aromatic nitrogens is 1. The van der Waals surface area contributed by atoms with Crippen LogP contribution in [0.5, 0.6) is 0 Å². The lowest BCUT2D eigenvalue weighted by molar-refractivity contribution is 0.300. The average Bonchev–Trinajstić information content (AvgIpc) is 2.18. The van der Waals surface area contributed by atoms with Crippen LogP contribution in [0.15, 0.2) is 23.4 Å². The molecule has 14 heavy (non-hydrogen) atoms. The largest absolute Gasteiger partial charge is 0.395 e. The first-order chi connectivity index (χ1) is 6.63. The Morgan fingerprint density at radius 1 is 1.57 bits per heavy atom. The molecule has 0 fully saturated rings. The van der Waals surface area contributed by atoms with E-state index in [-0.39, 0.29) is 17.9 Å². The van der Waals surface area contributed by atoms with E-state index in [0.29, 0.717) is 0 Å². The Morgan fingerprint density at radius 3 is 2.86 bits per heavy atom. The number of thioether (sulfide) groups is 1. The molecule has 0 amide bonds. The zero-order valence-corrected chi connectivity index (χ0v) is 9.29. The van der Waals surface area contributed by atoms with E-state index in [1.54, 1.807) is 18.0 Å². The highest BCUT2D eigenvalue weighted by atomic mass is 32.2. The van der Waals surface area contributed by atoms with Crippen molar-refractivity contribution in [2.75, 3.05) is 6.61 Å². The third-order valence-corrected chi connectivity index (χ3v) is 2.88. The Kier molecular flexibility index (Phi) is 4.38. The van der Waals surface area contributed by atoms with Gasteiger partial charge in [-0.25, -0.2) is 4.98 Å². The Morgan fingerprint density at radius 2 is 2.29 bits per heavy atom. The summed E-state index contributed by atoms with van der Waals surface area (Å²) in [5.41, 5.74) is 6.84. The summed E-state index contributed by atoms with van der Waals surface area (Å²) < 4.78 is 0. The molecule has 1 aromatic heterocycles. The van der Waals surface area contributed by atoms with Crippen LogP contribution in [-0.2, 0) is 0 Å². The number of nitrogens with zero attached hydrogens (tertiary/aromatic N) is 1. The SMILES string of the molecule is CC(CO)Sc1cc([C@H](C)N)ccn1. The first-order valence-electron chi connectivity index (χ1n) is 4.62. The molecule has 1 aromatic rings. The van der Waals surface area contributed by atoms with Crippen molar-refractivity contribution in [2.24, 2.45) is 5.73 Å². The molecule has 0 aliphatic heterocycles. The van der Waals surface area contributed by atoms with Gasteiger partial charge in [-0.1, -0.05) is 6.92 Å². The van der Waals surface area contributed by atoms with Gasteiger partial charge in [-0.3, -0.25) is 0 Å². The van der Waals surface area contributed by atoms with Gasteiger partial charge in [0, 0.05) is 17.5 Å². The third kappa shape index (κ3) is 3.29. The lowest BCUT2D eigenvalue weighted by atomic mass is 10.1. The summed E-state index contributed by atoms with van der Waals surface area (Å²) in [7, 11) is 0. The fourth-order valence-electron chi connectivity index (χ4n) is 1.02. The molecule has 0 radical (unpaired) electrons. The van der Waals surface area contributed by atoms with Crippen LogP contribution in [0.2, 0.25) is 0 Å². The van der Waals surface area contributed by atoms with Crippen molar-refractivity contribution in [1.82, 2.24) is 4.98 Å². The first kappa shape index (κ1) is 11.5. The molecule has 0 saturated heterocycles. The van der Waals surface area contributed by atoms with E-state index in [4.69, 9.17) is 10.8 Å². The smallest absolute Gasteiger partial charge is 0.0966 e. The lowest BCUT2D eigenvalue weighted by Crippen LogP contribution is -2.06. The second-order valence-electron chi connectivity index (χ2n) is 3.33. The summed E-state index contributed by atoms with van der Waals surface area (Å²) in [4.78, 5) is 4.21. The molecular formula is C10H16N2OS. The zero-order valence-electron chi connectivity index (χ0n) is 8.47. The Labute approximate surface area is 88.7 Å². The van der Waals surface area contributed by atoms with Crippen LogP contribution in [-0.4, -0.2) is 21.9 Å². The fraction of sp³-hybridized carbons (Fsp3) is 0.500. The first-order valence-corrected chi connectivity index (χ1v) is 5.50. The minimum Gasteiger partial charge on any atom is -0.395 e. The van der Waals surface area contributed by atoms with Gasteiger partial charge in [-0.15, -0.1) is 11.8 Å². The Balaban J connectivity index is 2.73. The van der Waals surface area contributed by atoms with Gasteiger partial charge in [0.25, 0.3) is 0 Å². The standard InChI is InChI=1S/C10H16N2OS/c1-7(6-13)14-10-5-9(8(2)11)3-4-12-10/h3-5,7-8,13H,6,11H2,1-2H3/t7?,8-/m0/s1. The van der Waals surface area contributed by atoms with Crippen LogP contribution in [0.25, 0.3) is 0 Å². The quantitative estimate of drug-likeness (QED) is 0.744. The van der Waals surface area contributed by atoms with Gasteiger partial charge in [0.15, 0.2) is 0 Å². The van der Waals surface area contributed by atoms with Gasteiger partial charge in [0.1, 0.15) is 0 Å². The molecule has 1 unspecified atom stereocenters. The van der Waals surface area contributed by atoms with Crippen molar-refractivity contribution >= 4 is 11.8 Å². The number of aliphatic hydroxyl groups is 1. The van der Waals surface area contributed by atoms with Crippen LogP contribution in [0.3, 0.4) is 0 Å². The van der Waals surface area contributed by atoms with Crippen LogP contribution in [0.4, 0.5) is 0 Å². The molecule has 0 saturated carbocycles. The van der Waals surface area contributed by atoms with E-state index in [1.807, 2.05) is 26.0 Å². The number of nitrogens with two attached hydrogens (primary N) is 1. The number of rotatable bonds is 4. The highest BCUT2D eigenvalue weighted by molar-refractivity contribution is 7.99. The predicted octanol–water partition coefficient (Wildman–Crippen LogP) is 1.57. The Bertz CT molecular complexity index is 291. The van der Waals surface area contributed by atoms with Crippen LogP contribution < -0.4 is 5.73 Å². The van der Waals surface area contributed by atoms with Crippen molar-refractivity contribution in [3.05, 3.63) is 23.9 Å². The van der Waals surface area contributed by atoms with Crippen LogP contribution in [0.1, 0.15) is 25.5 Å². The fourth-order valence-corrected chi connectivity index (χ4v) is 1.83. The molecule has 1 rings (SSSR count). The van der Waals surface area contributed by atoms with Crippen molar-refractivity contribution in [3.8, 4) is 0 Å². The number of pyridine rings is 1. The average molecular weight is 212 g/mol. The minimum absolute atomic E-state index is 0.0294. The number of hydrogen-bond donors (Lipinski definition) is 2. The molecule has 0 aliphatic rings. The summed E-state index contributed by atoms with van der Waals surface area (Å²) in [5.74, 6) is 0. The molecule has 3 nitrogen and oxygen atoms in total. The van der Waals surface area contributed by atoms with Crippen molar-refractivity contribution in [1.29, 1.82) is 0 Å². The maximum Gasteiger partial charge on any atom is 0.0966 e. The summed E-state index contributed by atoms with van der Waals surface area (Å²) >= 11 is 1.56. The van der Waals surface area contributed by atoms with Crippen LogP contribution >= 0.6 is 11.8 Å². The summed E-state index contributed by atoms with van der Waals surface area (Å²) in [6.07, 6.45) is 1.76. The molecule has 78 valence electrons. The monoisotopic (exact) mass is 212 g/mol. The summed E-state index contributed by atoms with van der Waals surface area (Å²) in [6.45, 7) is 4.07. The van der Waals surface area contributed by atoms with E-state index in [9.17, 15) is 0 Å². The molecule has 0 spiro atoms. The molecule has 0 bridgehead atoms. The lowest BCUT2D eigenvalue weighted by Gasteiger charge is -2.09. The molecule has 4 heteroatoms. The molecular weight excluding hydrogens is 196 g/mol.